The van der Waals surface area contributed by atoms with Gasteiger partial charge in [-0.2, -0.15) is 0 Å². The van der Waals surface area contributed by atoms with Crippen LogP contribution in [0.2, 0.25) is 0 Å². The molecule has 0 aromatic heterocycles. The summed E-state index contributed by atoms with van der Waals surface area (Å²) in [6.07, 6.45) is 0. The van der Waals surface area contributed by atoms with Crippen LogP contribution in [-0.4, -0.2) is 39.0 Å². The zero-order valence-corrected chi connectivity index (χ0v) is 15.8. The molecule has 0 saturated heterocycles. The number of rotatable bonds is 7. The van der Waals surface area contributed by atoms with Crippen LogP contribution in [0.5, 0.6) is 11.5 Å². The first-order chi connectivity index (χ1) is 10.3. The molecular formula is C16H31O5P. The van der Waals surface area contributed by atoms with Crippen LogP contribution in [0.4, 0.5) is 0 Å². The summed E-state index contributed by atoms with van der Waals surface area (Å²) < 4.78 is 20.4. The first kappa shape index (κ1) is 21.1. The van der Waals surface area contributed by atoms with Crippen LogP contribution in [0.15, 0.2) is 18.2 Å². The van der Waals surface area contributed by atoms with Gasteiger partial charge in [0, 0.05) is 5.56 Å². The van der Waals surface area contributed by atoms with E-state index in [2.05, 4.69) is 13.8 Å². The zero-order chi connectivity index (χ0) is 17.2. The molecule has 0 bridgehead atoms. The van der Waals surface area contributed by atoms with Gasteiger partial charge in [-0.25, -0.2) is 0 Å². The van der Waals surface area contributed by atoms with Gasteiger partial charge in [0.2, 0.25) is 0 Å². The molecule has 130 valence electrons. The Balaban J connectivity index is 0.000000433. The predicted molar refractivity (Wildman–Crippen MR) is 93.3 cm³/mol. The van der Waals surface area contributed by atoms with Gasteiger partial charge in [-0.3, -0.25) is 0 Å². The molecule has 0 radical (unpaired) electrons. The molecule has 0 unspecified atom stereocenters. The quantitative estimate of drug-likeness (QED) is 0.764. The van der Waals surface area contributed by atoms with Gasteiger partial charge >= 0.3 is 55.6 Å². The first-order valence-corrected chi connectivity index (χ1v) is 9.80. The van der Waals surface area contributed by atoms with Crippen LogP contribution in [0, 0.1) is 0 Å². The van der Waals surface area contributed by atoms with E-state index < -0.39 is 7.94 Å². The summed E-state index contributed by atoms with van der Waals surface area (Å²) in [6.45, 7) is 10.6. The SMILES string of the molecule is CCO[PH](C)(O)OCC.COc1cccc(OC)c1C(C)C. The van der Waals surface area contributed by atoms with E-state index in [0.717, 1.165) is 17.1 Å². The molecular weight excluding hydrogens is 303 g/mol. The molecule has 1 N–H and O–H groups in total. The molecule has 5 nitrogen and oxygen atoms in total. The average Bonchev–Trinajstić information content (AvgIpc) is 2.46. The smallest absolute Gasteiger partial charge is 0.126 e. The molecule has 22 heavy (non-hydrogen) atoms. The van der Waals surface area contributed by atoms with Crippen LogP contribution < -0.4 is 9.47 Å². The van der Waals surface area contributed by atoms with Crippen molar-refractivity contribution in [3.05, 3.63) is 23.8 Å². The zero-order valence-electron chi connectivity index (χ0n) is 14.8. The van der Waals surface area contributed by atoms with Crippen molar-refractivity contribution in [3.8, 4) is 11.5 Å². The normalized spacial score (nSPS) is 11.7. The van der Waals surface area contributed by atoms with Crippen molar-refractivity contribution in [2.75, 3.05) is 34.1 Å². The predicted octanol–water partition coefficient (Wildman–Crippen LogP) is 4.00. The first-order valence-electron chi connectivity index (χ1n) is 7.54. The van der Waals surface area contributed by atoms with Crippen LogP contribution in [0.25, 0.3) is 0 Å². The van der Waals surface area contributed by atoms with E-state index in [1.807, 2.05) is 32.0 Å². The molecule has 0 amide bonds. The Morgan fingerprint density at radius 1 is 1.00 bits per heavy atom. The average molecular weight is 334 g/mol. The minimum atomic E-state index is -2.70. The molecule has 0 spiro atoms. The minimum absolute atomic E-state index is 0.408. The van der Waals surface area contributed by atoms with Crippen molar-refractivity contribution in [2.24, 2.45) is 0 Å². The van der Waals surface area contributed by atoms with Gasteiger partial charge in [0.25, 0.3) is 0 Å². The Labute approximate surface area is 135 Å². The Hall–Kier alpha value is -0.870. The maximum Gasteiger partial charge on any atom is 0.126 e. The minimum Gasteiger partial charge on any atom is -0.496 e. The Morgan fingerprint density at radius 3 is 1.68 bits per heavy atom. The third kappa shape index (κ3) is 7.41. The number of benzene rings is 1. The van der Waals surface area contributed by atoms with Crippen molar-refractivity contribution in [1.82, 2.24) is 0 Å². The van der Waals surface area contributed by atoms with Crippen molar-refractivity contribution < 1.29 is 23.4 Å². The molecule has 0 heterocycles. The second-order valence-corrected chi connectivity index (χ2v) is 7.37. The maximum atomic E-state index is 9.21. The molecule has 0 atom stereocenters. The van der Waals surface area contributed by atoms with Crippen LogP contribution in [-0.2, 0) is 9.05 Å². The molecule has 0 aliphatic rings. The Bertz CT molecular complexity index is 391. The van der Waals surface area contributed by atoms with E-state index >= 15 is 0 Å². The molecule has 1 aromatic carbocycles. The van der Waals surface area contributed by atoms with E-state index in [1.165, 1.54) is 0 Å². The second-order valence-electron chi connectivity index (χ2n) is 4.99. The van der Waals surface area contributed by atoms with E-state index in [4.69, 9.17) is 18.5 Å². The molecule has 0 aliphatic carbocycles. The summed E-state index contributed by atoms with van der Waals surface area (Å²) in [5.74, 6) is 2.20. The monoisotopic (exact) mass is 334 g/mol. The van der Waals surface area contributed by atoms with Crippen molar-refractivity contribution in [2.45, 2.75) is 33.6 Å². The van der Waals surface area contributed by atoms with Crippen LogP contribution >= 0.6 is 7.94 Å². The van der Waals surface area contributed by atoms with Crippen LogP contribution in [0.1, 0.15) is 39.2 Å². The Kier molecular flexibility index (Phi) is 10.4. The number of methoxy groups -OCH3 is 2. The van der Waals surface area contributed by atoms with E-state index in [0.29, 0.717) is 19.1 Å². The number of hydrogen-bond acceptors (Lipinski definition) is 5. The fraction of sp³-hybridized carbons (Fsp3) is 0.625. The van der Waals surface area contributed by atoms with Gasteiger partial charge in [-0.05, 0) is 18.1 Å². The molecule has 1 aromatic rings. The fourth-order valence-electron chi connectivity index (χ4n) is 2.03. The topological polar surface area (TPSA) is 57.2 Å². The molecule has 6 heteroatoms. The summed E-state index contributed by atoms with van der Waals surface area (Å²) >= 11 is 0. The van der Waals surface area contributed by atoms with Crippen LogP contribution in [0.3, 0.4) is 0 Å². The largest absolute Gasteiger partial charge is 0.496 e. The molecule has 0 aliphatic heterocycles. The standard InChI is InChI=1S/C11H16O2.C5H15O3P/c1-8(2)11-9(12-3)6-5-7-10(11)13-4;1-4-7-9(3,6)8-5-2/h5-8H,1-4H3;6,9H,4-5H2,1-3H3. The third-order valence-electron chi connectivity index (χ3n) is 2.87. The number of ether oxygens (including phenoxy) is 2. The van der Waals surface area contributed by atoms with Gasteiger partial charge in [-0.15, -0.1) is 0 Å². The van der Waals surface area contributed by atoms with E-state index in [-0.39, 0.29) is 0 Å². The Morgan fingerprint density at radius 2 is 1.41 bits per heavy atom. The van der Waals surface area contributed by atoms with Crippen molar-refractivity contribution in [1.29, 1.82) is 0 Å². The maximum absolute atomic E-state index is 9.21. The summed E-state index contributed by atoms with van der Waals surface area (Å²) in [6, 6.07) is 5.85. The van der Waals surface area contributed by atoms with Gasteiger partial charge in [0.05, 0.1) is 14.2 Å². The van der Waals surface area contributed by atoms with E-state index in [9.17, 15) is 4.89 Å². The van der Waals surface area contributed by atoms with Gasteiger partial charge in [-0.1, -0.05) is 19.9 Å². The third-order valence-corrected chi connectivity index (χ3v) is 4.52. The summed E-state index contributed by atoms with van der Waals surface area (Å²) in [7, 11) is 0.659. The molecule has 0 saturated carbocycles. The second kappa shape index (κ2) is 10.8. The summed E-state index contributed by atoms with van der Waals surface area (Å²) in [5.41, 5.74) is 1.13. The molecule has 0 fully saturated rings. The van der Waals surface area contributed by atoms with Gasteiger partial charge < -0.3 is 9.47 Å². The van der Waals surface area contributed by atoms with Gasteiger partial charge in [0.15, 0.2) is 0 Å². The fourth-order valence-corrected chi connectivity index (χ4v) is 3.18. The summed E-state index contributed by atoms with van der Waals surface area (Å²) in [5, 5.41) is 0. The van der Waals surface area contributed by atoms with Crippen molar-refractivity contribution in [3.63, 3.8) is 0 Å². The molecule has 1 rings (SSSR count). The van der Waals surface area contributed by atoms with Gasteiger partial charge in [0.1, 0.15) is 11.5 Å². The van der Waals surface area contributed by atoms with E-state index in [1.54, 1.807) is 20.9 Å². The summed E-state index contributed by atoms with van der Waals surface area (Å²) in [4.78, 5) is 9.21. The van der Waals surface area contributed by atoms with Crippen molar-refractivity contribution >= 4 is 7.94 Å². The number of hydrogen-bond donors (Lipinski definition) is 1.